The lowest BCUT2D eigenvalue weighted by Crippen LogP contribution is -2.00. The molecule has 15 heavy (non-hydrogen) atoms. The van der Waals surface area contributed by atoms with E-state index in [0.717, 1.165) is 14.3 Å². The van der Waals surface area contributed by atoms with E-state index in [1.807, 2.05) is 30.3 Å². The van der Waals surface area contributed by atoms with Gasteiger partial charge in [0.25, 0.3) is 0 Å². The zero-order valence-corrected chi connectivity index (χ0v) is 10.3. The van der Waals surface area contributed by atoms with E-state index in [1.54, 1.807) is 6.07 Å². The minimum atomic E-state index is -0.295. The molecule has 76 valence electrons. The standard InChI is InChI=1S/C12H9IO2/c1-15-12(14)9-6-5-8-3-2-4-11(13)10(8)7-9/h2-7H,1H3. The van der Waals surface area contributed by atoms with Crippen molar-refractivity contribution in [1.82, 2.24) is 0 Å². The molecule has 0 saturated carbocycles. The molecule has 0 bridgehead atoms. The van der Waals surface area contributed by atoms with Crippen LogP contribution in [0.5, 0.6) is 0 Å². The number of hydrogen-bond donors (Lipinski definition) is 0. The van der Waals surface area contributed by atoms with Gasteiger partial charge >= 0.3 is 5.97 Å². The normalized spacial score (nSPS) is 10.3. The predicted molar refractivity (Wildman–Crippen MR) is 68.0 cm³/mol. The number of halogens is 1. The van der Waals surface area contributed by atoms with Crippen molar-refractivity contribution in [1.29, 1.82) is 0 Å². The molecule has 0 aliphatic rings. The third-order valence-corrected chi connectivity index (χ3v) is 3.19. The van der Waals surface area contributed by atoms with E-state index in [9.17, 15) is 4.79 Å². The van der Waals surface area contributed by atoms with Crippen LogP contribution in [0.2, 0.25) is 0 Å². The molecule has 0 aliphatic carbocycles. The first-order chi connectivity index (χ1) is 7.22. The monoisotopic (exact) mass is 312 g/mol. The Bertz CT molecular complexity index is 520. The zero-order valence-electron chi connectivity index (χ0n) is 8.16. The number of esters is 1. The van der Waals surface area contributed by atoms with Crippen molar-refractivity contribution in [3.05, 3.63) is 45.5 Å². The lowest BCUT2D eigenvalue weighted by Gasteiger charge is -2.03. The topological polar surface area (TPSA) is 26.3 Å². The molecule has 2 rings (SSSR count). The number of rotatable bonds is 1. The van der Waals surface area contributed by atoms with Crippen molar-refractivity contribution >= 4 is 39.3 Å². The fourth-order valence-electron chi connectivity index (χ4n) is 1.48. The molecule has 0 aliphatic heterocycles. The fraction of sp³-hybridized carbons (Fsp3) is 0.0833. The largest absolute Gasteiger partial charge is 0.465 e. The summed E-state index contributed by atoms with van der Waals surface area (Å²) >= 11 is 2.26. The minimum absolute atomic E-state index is 0.295. The molecule has 0 N–H and O–H groups in total. The van der Waals surface area contributed by atoms with Gasteiger partial charge in [0, 0.05) is 3.57 Å². The predicted octanol–water partition coefficient (Wildman–Crippen LogP) is 3.23. The van der Waals surface area contributed by atoms with Gasteiger partial charge in [-0.05, 0) is 51.6 Å². The summed E-state index contributed by atoms with van der Waals surface area (Å²) in [4.78, 5) is 11.3. The lowest BCUT2D eigenvalue weighted by atomic mass is 10.1. The van der Waals surface area contributed by atoms with Crippen LogP contribution in [-0.4, -0.2) is 13.1 Å². The van der Waals surface area contributed by atoms with Gasteiger partial charge in [-0.15, -0.1) is 0 Å². The van der Waals surface area contributed by atoms with E-state index < -0.39 is 0 Å². The summed E-state index contributed by atoms with van der Waals surface area (Å²) in [6, 6.07) is 11.6. The lowest BCUT2D eigenvalue weighted by molar-refractivity contribution is 0.0601. The maximum absolute atomic E-state index is 11.3. The van der Waals surface area contributed by atoms with Crippen LogP contribution in [0.15, 0.2) is 36.4 Å². The summed E-state index contributed by atoms with van der Waals surface area (Å²) in [6.07, 6.45) is 0. The van der Waals surface area contributed by atoms with Crippen LogP contribution < -0.4 is 0 Å². The van der Waals surface area contributed by atoms with E-state index in [0.29, 0.717) is 5.56 Å². The Labute approximate surface area is 101 Å². The first-order valence-electron chi connectivity index (χ1n) is 4.49. The first kappa shape index (κ1) is 10.4. The molecule has 0 saturated heterocycles. The second-order valence-corrected chi connectivity index (χ2v) is 4.33. The third-order valence-electron chi connectivity index (χ3n) is 2.25. The van der Waals surface area contributed by atoms with Gasteiger partial charge in [0.05, 0.1) is 12.7 Å². The SMILES string of the molecule is COC(=O)c1ccc2cccc(I)c2c1. The summed E-state index contributed by atoms with van der Waals surface area (Å²) in [5, 5.41) is 2.22. The second kappa shape index (κ2) is 4.18. The minimum Gasteiger partial charge on any atom is -0.465 e. The van der Waals surface area contributed by atoms with Crippen molar-refractivity contribution in [2.45, 2.75) is 0 Å². The molecule has 0 heterocycles. The van der Waals surface area contributed by atoms with Crippen LogP contribution in [0, 0.1) is 3.57 Å². The Morgan fingerprint density at radius 1 is 1.27 bits per heavy atom. The average Bonchev–Trinajstić information content (AvgIpc) is 2.28. The van der Waals surface area contributed by atoms with Crippen LogP contribution in [-0.2, 0) is 4.74 Å². The summed E-state index contributed by atoms with van der Waals surface area (Å²) < 4.78 is 5.82. The Morgan fingerprint density at radius 3 is 2.80 bits per heavy atom. The fourth-order valence-corrected chi connectivity index (χ4v) is 2.15. The number of benzene rings is 2. The number of fused-ring (bicyclic) bond motifs is 1. The highest BCUT2D eigenvalue weighted by Gasteiger charge is 2.06. The van der Waals surface area contributed by atoms with Gasteiger partial charge in [0.2, 0.25) is 0 Å². The second-order valence-electron chi connectivity index (χ2n) is 3.17. The van der Waals surface area contributed by atoms with Crippen molar-refractivity contribution in [2.75, 3.05) is 7.11 Å². The molecule has 2 nitrogen and oxygen atoms in total. The number of methoxy groups -OCH3 is 1. The Balaban J connectivity index is 2.64. The molecule has 0 amide bonds. The highest BCUT2D eigenvalue weighted by molar-refractivity contribution is 14.1. The molecular weight excluding hydrogens is 303 g/mol. The maximum Gasteiger partial charge on any atom is 0.337 e. The van der Waals surface area contributed by atoms with Gasteiger partial charge in [0.1, 0.15) is 0 Å². The summed E-state index contributed by atoms with van der Waals surface area (Å²) in [5.41, 5.74) is 0.592. The van der Waals surface area contributed by atoms with Crippen LogP contribution >= 0.6 is 22.6 Å². The van der Waals surface area contributed by atoms with E-state index in [1.165, 1.54) is 7.11 Å². The van der Waals surface area contributed by atoms with Crippen LogP contribution in [0.25, 0.3) is 10.8 Å². The number of carbonyl (C=O) groups excluding carboxylic acids is 1. The summed E-state index contributed by atoms with van der Waals surface area (Å²) in [6.45, 7) is 0. The van der Waals surface area contributed by atoms with Crippen LogP contribution in [0.4, 0.5) is 0 Å². The van der Waals surface area contributed by atoms with E-state index in [-0.39, 0.29) is 5.97 Å². The van der Waals surface area contributed by atoms with Crippen molar-refractivity contribution < 1.29 is 9.53 Å². The molecule has 0 radical (unpaired) electrons. The summed E-state index contributed by atoms with van der Waals surface area (Å²) in [7, 11) is 1.39. The van der Waals surface area contributed by atoms with E-state index in [2.05, 4.69) is 27.3 Å². The van der Waals surface area contributed by atoms with Crippen molar-refractivity contribution in [3.63, 3.8) is 0 Å². The number of carbonyl (C=O) groups is 1. The Hall–Kier alpha value is -1.10. The molecule has 0 atom stereocenters. The summed E-state index contributed by atoms with van der Waals surface area (Å²) in [5.74, 6) is -0.295. The van der Waals surface area contributed by atoms with Crippen molar-refractivity contribution in [3.8, 4) is 0 Å². The molecule has 0 unspecified atom stereocenters. The molecule has 0 aromatic heterocycles. The zero-order chi connectivity index (χ0) is 10.8. The van der Waals surface area contributed by atoms with Crippen LogP contribution in [0.1, 0.15) is 10.4 Å². The molecule has 2 aromatic rings. The first-order valence-corrected chi connectivity index (χ1v) is 5.57. The maximum atomic E-state index is 11.3. The van der Waals surface area contributed by atoms with Gasteiger partial charge < -0.3 is 4.74 Å². The number of hydrogen-bond acceptors (Lipinski definition) is 2. The van der Waals surface area contributed by atoms with Gasteiger partial charge in [-0.25, -0.2) is 4.79 Å². The molecule has 3 heteroatoms. The highest BCUT2D eigenvalue weighted by Crippen LogP contribution is 2.22. The van der Waals surface area contributed by atoms with Crippen LogP contribution in [0.3, 0.4) is 0 Å². The third kappa shape index (κ3) is 1.97. The van der Waals surface area contributed by atoms with Crippen molar-refractivity contribution in [2.24, 2.45) is 0 Å². The van der Waals surface area contributed by atoms with E-state index in [4.69, 9.17) is 0 Å². The van der Waals surface area contributed by atoms with Gasteiger partial charge in [-0.1, -0.05) is 18.2 Å². The molecular formula is C12H9IO2. The average molecular weight is 312 g/mol. The molecule has 0 spiro atoms. The Morgan fingerprint density at radius 2 is 2.07 bits per heavy atom. The smallest absolute Gasteiger partial charge is 0.337 e. The number of ether oxygens (including phenoxy) is 1. The Kier molecular flexibility index (Phi) is 2.90. The molecule has 2 aromatic carbocycles. The van der Waals surface area contributed by atoms with Gasteiger partial charge in [-0.2, -0.15) is 0 Å². The highest BCUT2D eigenvalue weighted by atomic mass is 127. The molecule has 0 fully saturated rings. The quantitative estimate of drug-likeness (QED) is 0.597. The van der Waals surface area contributed by atoms with Gasteiger partial charge in [-0.3, -0.25) is 0 Å². The van der Waals surface area contributed by atoms with Gasteiger partial charge in [0.15, 0.2) is 0 Å². The van der Waals surface area contributed by atoms with E-state index >= 15 is 0 Å².